The van der Waals surface area contributed by atoms with Crippen LogP contribution < -0.4 is 0 Å². The lowest BCUT2D eigenvalue weighted by atomic mass is 10.0. The second kappa shape index (κ2) is 4.85. The van der Waals surface area contributed by atoms with E-state index in [1.165, 1.54) is 0 Å². The van der Waals surface area contributed by atoms with E-state index in [0.717, 1.165) is 22.0 Å². The summed E-state index contributed by atoms with van der Waals surface area (Å²) in [5, 5.41) is 11.0. The summed E-state index contributed by atoms with van der Waals surface area (Å²) >= 11 is 12.2. The van der Waals surface area contributed by atoms with Gasteiger partial charge in [-0.2, -0.15) is 0 Å². The van der Waals surface area contributed by atoms with Crippen molar-refractivity contribution in [2.45, 2.75) is 0 Å². The summed E-state index contributed by atoms with van der Waals surface area (Å²) < 4.78 is 0. The Kier molecular flexibility index (Phi) is 3.16. The standard InChI is InChI=1S/C15H9Cl2NO2/c16-10-2-3-12(17)11(7-10)8-1-4-13-9(5-8)6-14(18-13)15(19)20/h1-7,18H,(H,19,20). The summed E-state index contributed by atoms with van der Waals surface area (Å²) in [6, 6.07) is 12.4. The van der Waals surface area contributed by atoms with Gasteiger partial charge in [-0.1, -0.05) is 29.3 Å². The van der Waals surface area contributed by atoms with Crippen molar-refractivity contribution in [2.24, 2.45) is 0 Å². The van der Waals surface area contributed by atoms with Gasteiger partial charge in [0.2, 0.25) is 0 Å². The second-order valence-corrected chi connectivity index (χ2v) is 5.26. The third-order valence-electron chi connectivity index (χ3n) is 3.09. The molecule has 1 aromatic heterocycles. The van der Waals surface area contributed by atoms with Gasteiger partial charge in [-0.05, 0) is 42.0 Å². The van der Waals surface area contributed by atoms with Crippen LogP contribution in [0.15, 0.2) is 42.5 Å². The Morgan fingerprint density at radius 1 is 1.05 bits per heavy atom. The van der Waals surface area contributed by atoms with Crippen LogP contribution in [0.1, 0.15) is 10.5 Å². The van der Waals surface area contributed by atoms with Gasteiger partial charge in [-0.15, -0.1) is 0 Å². The Balaban J connectivity index is 2.17. The predicted molar refractivity (Wildman–Crippen MR) is 80.7 cm³/mol. The summed E-state index contributed by atoms with van der Waals surface area (Å²) in [5.74, 6) is -0.983. The molecule has 0 radical (unpaired) electrons. The van der Waals surface area contributed by atoms with Crippen molar-refractivity contribution in [3.05, 3.63) is 58.2 Å². The zero-order valence-electron chi connectivity index (χ0n) is 10.2. The molecule has 2 aromatic carbocycles. The molecule has 20 heavy (non-hydrogen) atoms. The van der Waals surface area contributed by atoms with Gasteiger partial charge < -0.3 is 10.1 Å². The highest BCUT2D eigenvalue weighted by Gasteiger charge is 2.10. The topological polar surface area (TPSA) is 53.1 Å². The molecule has 0 bridgehead atoms. The second-order valence-electron chi connectivity index (χ2n) is 4.41. The van der Waals surface area contributed by atoms with E-state index in [1.54, 1.807) is 24.3 Å². The minimum Gasteiger partial charge on any atom is -0.477 e. The Morgan fingerprint density at radius 3 is 2.60 bits per heavy atom. The number of hydrogen-bond acceptors (Lipinski definition) is 1. The van der Waals surface area contributed by atoms with Crippen molar-refractivity contribution >= 4 is 40.1 Å². The van der Waals surface area contributed by atoms with E-state index in [9.17, 15) is 4.79 Å². The molecule has 0 amide bonds. The number of rotatable bonds is 2. The van der Waals surface area contributed by atoms with E-state index in [1.807, 2.05) is 18.2 Å². The van der Waals surface area contributed by atoms with Crippen molar-refractivity contribution in [3.63, 3.8) is 0 Å². The van der Waals surface area contributed by atoms with Gasteiger partial charge in [0.1, 0.15) is 5.69 Å². The number of aromatic carboxylic acids is 1. The van der Waals surface area contributed by atoms with Gasteiger partial charge in [-0.3, -0.25) is 0 Å². The fraction of sp³-hybridized carbons (Fsp3) is 0. The van der Waals surface area contributed by atoms with Crippen LogP contribution in [-0.4, -0.2) is 16.1 Å². The van der Waals surface area contributed by atoms with E-state index in [-0.39, 0.29) is 5.69 Å². The molecule has 3 nitrogen and oxygen atoms in total. The number of nitrogens with one attached hydrogen (secondary N) is 1. The number of benzene rings is 2. The molecule has 1 heterocycles. The number of halogens is 2. The van der Waals surface area contributed by atoms with E-state index < -0.39 is 5.97 Å². The fourth-order valence-corrected chi connectivity index (χ4v) is 2.53. The van der Waals surface area contributed by atoms with Crippen LogP contribution in [0.25, 0.3) is 22.0 Å². The monoisotopic (exact) mass is 305 g/mol. The van der Waals surface area contributed by atoms with Crippen molar-refractivity contribution in [2.75, 3.05) is 0 Å². The van der Waals surface area contributed by atoms with Crippen LogP contribution in [0, 0.1) is 0 Å². The molecular formula is C15H9Cl2NO2. The highest BCUT2D eigenvalue weighted by molar-refractivity contribution is 6.35. The maximum absolute atomic E-state index is 11.0. The Hall–Kier alpha value is -1.97. The van der Waals surface area contributed by atoms with Crippen molar-refractivity contribution in [1.82, 2.24) is 4.98 Å². The molecule has 0 aliphatic carbocycles. The SMILES string of the molecule is O=C(O)c1cc2cc(-c3cc(Cl)ccc3Cl)ccc2[nH]1. The average Bonchev–Trinajstić information content (AvgIpc) is 2.84. The highest BCUT2D eigenvalue weighted by Crippen LogP contribution is 2.32. The first-order valence-electron chi connectivity index (χ1n) is 5.86. The van der Waals surface area contributed by atoms with Crippen molar-refractivity contribution < 1.29 is 9.90 Å². The summed E-state index contributed by atoms with van der Waals surface area (Å²) in [4.78, 5) is 13.8. The molecule has 0 saturated heterocycles. The van der Waals surface area contributed by atoms with Gasteiger partial charge in [0.25, 0.3) is 0 Å². The molecule has 0 spiro atoms. The van der Waals surface area contributed by atoms with Gasteiger partial charge in [0.15, 0.2) is 0 Å². The first-order valence-corrected chi connectivity index (χ1v) is 6.62. The number of carboxylic acid groups (broad SMARTS) is 1. The molecule has 0 saturated carbocycles. The van der Waals surface area contributed by atoms with E-state index in [4.69, 9.17) is 28.3 Å². The third-order valence-corrected chi connectivity index (χ3v) is 3.66. The zero-order chi connectivity index (χ0) is 14.3. The molecule has 0 atom stereocenters. The van der Waals surface area contributed by atoms with Crippen LogP contribution in [-0.2, 0) is 0 Å². The average molecular weight is 306 g/mol. The first-order chi connectivity index (χ1) is 9.54. The molecule has 2 N–H and O–H groups in total. The van der Waals surface area contributed by atoms with Gasteiger partial charge in [-0.25, -0.2) is 4.79 Å². The molecular weight excluding hydrogens is 297 g/mol. The number of aromatic amines is 1. The summed E-state index contributed by atoms with van der Waals surface area (Å²) in [6.45, 7) is 0. The zero-order valence-corrected chi connectivity index (χ0v) is 11.7. The summed E-state index contributed by atoms with van der Waals surface area (Å²) in [5.41, 5.74) is 2.64. The molecule has 3 rings (SSSR count). The Morgan fingerprint density at radius 2 is 1.85 bits per heavy atom. The molecule has 0 fully saturated rings. The van der Waals surface area contributed by atoms with E-state index in [2.05, 4.69) is 4.98 Å². The lowest BCUT2D eigenvalue weighted by molar-refractivity contribution is 0.0691. The van der Waals surface area contributed by atoms with Crippen LogP contribution in [0.5, 0.6) is 0 Å². The third kappa shape index (κ3) is 2.26. The number of H-pyrrole nitrogens is 1. The number of aromatic nitrogens is 1. The maximum atomic E-state index is 11.0. The lowest BCUT2D eigenvalue weighted by Crippen LogP contribution is -1.94. The molecule has 0 unspecified atom stereocenters. The fourth-order valence-electron chi connectivity index (χ4n) is 2.13. The summed E-state index contributed by atoms with van der Waals surface area (Å²) in [6.07, 6.45) is 0. The van der Waals surface area contributed by atoms with Gasteiger partial charge >= 0.3 is 5.97 Å². The smallest absolute Gasteiger partial charge is 0.352 e. The van der Waals surface area contributed by atoms with Gasteiger partial charge in [0.05, 0.1) is 0 Å². The van der Waals surface area contributed by atoms with Crippen LogP contribution >= 0.6 is 23.2 Å². The number of fused-ring (bicyclic) bond motifs is 1. The van der Waals surface area contributed by atoms with Crippen LogP contribution in [0.3, 0.4) is 0 Å². The molecule has 100 valence electrons. The Labute approximate surface area is 124 Å². The van der Waals surface area contributed by atoms with E-state index >= 15 is 0 Å². The molecule has 5 heteroatoms. The van der Waals surface area contributed by atoms with Crippen molar-refractivity contribution in [3.8, 4) is 11.1 Å². The first kappa shape index (κ1) is 13.0. The molecule has 0 aliphatic heterocycles. The summed E-state index contributed by atoms with van der Waals surface area (Å²) in [7, 11) is 0. The van der Waals surface area contributed by atoms with Crippen LogP contribution in [0.2, 0.25) is 10.0 Å². The minimum atomic E-state index is -0.983. The normalized spacial score (nSPS) is 10.9. The predicted octanol–water partition coefficient (Wildman–Crippen LogP) is 4.84. The minimum absolute atomic E-state index is 0.161. The largest absolute Gasteiger partial charge is 0.477 e. The quantitative estimate of drug-likeness (QED) is 0.711. The Bertz CT molecular complexity index is 824. The maximum Gasteiger partial charge on any atom is 0.352 e. The highest BCUT2D eigenvalue weighted by atomic mass is 35.5. The van der Waals surface area contributed by atoms with Gasteiger partial charge in [0, 0.05) is 26.5 Å². The molecule has 0 aliphatic rings. The van der Waals surface area contributed by atoms with E-state index in [0.29, 0.717) is 10.0 Å². The van der Waals surface area contributed by atoms with Crippen molar-refractivity contribution in [1.29, 1.82) is 0 Å². The molecule has 3 aromatic rings. The van der Waals surface area contributed by atoms with Crippen LogP contribution in [0.4, 0.5) is 0 Å². The number of hydrogen-bond donors (Lipinski definition) is 2. The number of carboxylic acids is 1. The number of carbonyl (C=O) groups is 1. The lowest BCUT2D eigenvalue weighted by Gasteiger charge is -2.05.